The van der Waals surface area contributed by atoms with Gasteiger partial charge in [-0.3, -0.25) is 0 Å². The lowest BCUT2D eigenvalue weighted by atomic mass is 9.93. The molecule has 0 atom stereocenters. The molecule has 0 radical (unpaired) electrons. The highest BCUT2D eigenvalue weighted by Crippen LogP contribution is 2.18. The largest absolute Gasteiger partial charge is 0.397 e. The monoisotopic (exact) mass is 218 g/mol. The highest BCUT2D eigenvalue weighted by atomic mass is 14.9. The fourth-order valence-electron chi connectivity index (χ4n) is 2.14. The van der Waals surface area contributed by atoms with Gasteiger partial charge < -0.3 is 16.5 Å². The fraction of sp³-hybridized carbons (Fsp3) is 0.500. The summed E-state index contributed by atoms with van der Waals surface area (Å²) in [6.07, 6.45) is 4.65. The molecular weight excluding hydrogens is 200 g/mol. The van der Waals surface area contributed by atoms with Gasteiger partial charge in [-0.2, -0.15) is 0 Å². The van der Waals surface area contributed by atoms with Crippen LogP contribution in [0.2, 0.25) is 0 Å². The summed E-state index contributed by atoms with van der Waals surface area (Å²) in [4.78, 5) is 4.40. The summed E-state index contributed by atoms with van der Waals surface area (Å²) in [5.41, 5.74) is 7.94. The van der Waals surface area contributed by atoms with Crippen LogP contribution in [0.3, 0.4) is 0 Å². The van der Waals surface area contributed by atoms with E-state index in [2.05, 4.69) is 10.3 Å². The van der Waals surface area contributed by atoms with Gasteiger partial charge in [-0.15, -0.1) is 0 Å². The molecular formula is C12H18N4. The zero-order valence-electron chi connectivity index (χ0n) is 9.37. The zero-order chi connectivity index (χ0) is 11.4. The summed E-state index contributed by atoms with van der Waals surface area (Å²) < 4.78 is 0. The molecule has 1 aromatic heterocycles. The summed E-state index contributed by atoms with van der Waals surface area (Å²) in [5, 5.41) is 10.6. The van der Waals surface area contributed by atoms with Gasteiger partial charge in [0.25, 0.3) is 0 Å². The Morgan fingerprint density at radius 1 is 1.44 bits per heavy atom. The average molecular weight is 218 g/mol. The number of piperidine rings is 1. The van der Waals surface area contributed by atoms with Gasteiger partial charge in [-0.1, -0.05) is 0 Å². The van der Waals surface area contributed by atoms with Crippen molar-refractivity contribution in [1.82, 2.24) is 10.3 Å². The fourth-order valence-corrected chi connectivity index (χ4v) is 2.14. The van der Waals surface area contributed by atoms with Crippen molar-refractivity contribution in [2.45, 2.75) is 19.3 Å². The van der Waals surface area contributed by atoms with Crippen molar-refractivity contribution >= 4 is 11.9 Å². The van der Waals surface area contributed by atoms with E-state index in [4.69, 9.17) is 11.1 Å². The average Bonchev–Trinajstić information content (AvgIpc) is 2.33. The molecule has 1 aliphatic heterocycles. The Morgan fingerprint density at radius 2 is 2.19 bits per heavy atom. The quantitative estimate of drug-likeness (QED) is 0.667. The molecule has 4 nitrogen and oxygen atoms in total. The molecule has 1 fully saturated rings. The van der Waals surface area contributed by atoms with Crippen LogP contribution in [-0.4, -0.2) is 24.3 Å². The van der Waals surface area contributed by atoms with Gasteiger partial charge in [-0.05, 0) is 50.4 Å². The molecule has 16 heavy (non-hydrogen) atoms. The second kappa shape index (κ2) is 5.07. The number of hydrogen-bond donors (Lipinski definition) is 3. The molecule has 0 amide bonds. The van der Waals surface area contributed by atoms with Crippen LogP contribution in [0.1, 0.15) is 24.2 Å². The second-order valence-corrected chi connectivity index (χ2v) is 4.32. The second-order valence-electron chi connectivity index (χ2n) is 4.32. The zero-order valence-corrected chi connectivity index (χ0v) is 9.37. The number of nitrogen functional groups attached to an aromatic ring is 1. The lowest BCUT2D eigenvalue weighted by molar-refractivity contribution is 0.370. The molecule has 0 bridgehead atoms. The van der Waals surface area contributed by atoms with Crippen molar-refractivity contribution in [3.63, 3.8) is 0 Å². The number of nitrogens with one attached hydrogen (secondary N) is 2. The van der Waals surface area contributed by atoms with Gasteiger partial charge in [0.2, 0.25) is 0 Å². The van der Waals surface area contributed by atoms with Crippen LogP contribution in [0.5, 0.6) is 0 Å². The van der Waals surface area contributed by atoms with Crippen LogP contribution in [0.4, 0.5) is 5.69 Å². The first-order valence-electron chi connectivity index (χ1n) is 5.76. The number of nitrogens with two attached hydrogens (primary N) is 1. The predicted octanol–water partition coefficient (Wildman–Crippen LogP) is 1.20. The SMILES string of the molecule is N=Cc1nc(CC2CCNCC2)ccc1N. The van der Waals surface area contributed by atoms with Crippen LogP contribution < -0.4 is 11.1 Å². The topological polar surface area (TPSA) is 74.8 Å². The Hall–Kier alpha value is -1.42. The first-order chi connectivity index (χ1) is 7.79. The highest BCUT2D eigenvalue weighted by molar-refractivity contribution is 5.81. The van der Waals surface area contributed by atoms with Gasteiger partial charge in [0, 0.05) is 11.9 Å². The van der Waals surface area contributed by atoms with Crippen LogP contribution in [0.15, 0.2) is 12.1 Å². The molecule has 4 heteroatoms. The minimum absolute atomic E-state index is 0.587. The normalized spacial score (nSPS) is 17.2. The minimum Gasteiger partial charge on any atom is -0.397 e. The predicted molar refractivity (Wildman–Crippen MR) is 65.8 cm³/mol. The van der Waals surface area contributed by atoms with E-state index < -0.39 is 0 Å². The van der Waals surface area contributed by atoms with Crippen molar-refractivity contribution in [3.05, 3.63) is 23.5 Å². The van der Waals surface area contributed by atoms with Gasteiger partial charge >= 0.3 is 0 Å². The van der Waals surface area contributed by atoms with Crippen LogP contribution in [-0.2, 0) is 6.42 Å². The summed E-state index contributed by atoms with van der Waals surface area (Å²) in [6, 6.07) is 3.83. The molecule has 0 saturated carbocycles. The lowest BCUT2D eigenvalue weighted by Gasteiger charge is -2.22. The molecule has 1 aliphatic rings. The first-order valence-corrected chi connectivity index (χ1v) is 5.76. The minimum atomic E-state index is 0.587. The number of rotatable bonds is 3. The Kier molecular flexibility index (Phi) is 3.51. The van der Waals surface area contributed by atoms with E-state index in [1.165, 1.54) is 19.1 Å². The third-order valence-corrected chi connectivity index (χ3v) is 3.11. The van der Waals surface area contributed by atoms with E-state index in [-0.39, 0.29) is 0 Å². The number of anilines is 1. The Labute approximate surface area is 95.8 Å². The van der Waals surface area contributed by atoms with Crippen molar-refractivity contribution in [3.8, 4) is 0 Å². The smallest absolute Gasteiger partial charge is 0.104 e. The van der Waals surface area contributed by atoms with Crippen molar-refractivity contribution in [2.75, 3.05) is 18.8 Å². The van der Waals surface area contributed by atoms with Gasteiger partial charge in [0.1, 0.15) is 5.69 Å². The number of pyridine rings is 1. The summed E-state index contributed by atoms with van der Waals surface area (Å²) in [7, 11) is 0. The Morgan fingerprint density at radius 3 is 2.88 bits per heavy atom. The lowest BCUT2D eigenvalue weighted by Crippen LogP contribution is -2.28. The van der Waals surface area contributed by atoms with E-state index in [0.29, 0.717) is 11.4 Å². The summed E-state index contributed by atoms with van der Waals surface area (Å²) in [5.74, 6) is 0.718. The van der Waals surface area contributed by atoms with Crippen LogP contribution in [0.25, 0.3) is 0 Å². The molecule has 4 N–H and O–H groups in total. The molecule has 86 valence electrons. The van der Waals surface area contributed by atoms with Gasteiger partial charge in [0.15, 0.2) is 0 Å². The van der Waals surface area contributed by atoms with E-state index in [9.17, 15) is 0 Å². The van der Waals surface area contributed by atoms with Crippen molar-refractivity contribution in [1.29, 1.82) is 5.41 Å². The number of aromatic nitrogens is 1. The molecule has 0 unspecified atom stereocenters. The maximum absolute atomic E-state index is 7.22. The van der Waals surface area contributed by atoms with E-state index in [0.717, 1.165) is 31.1 Å². The van der Waals surface area contributed by atoms with Crippen LogP contribution in [0, 0.1) is 11.3 Å². The summed E-state index contributed by atoms with van der Waals surface area (Å²) >= 11 is 0. The van der Waals surface area contributed by atoms with Gasteiger partial charge in [0.05, 0.1) is 5.69 Å². The van der Waals surface area contributed by atoms with Crippen molar-refractivity contribution < 1.29 is 0 Å². The molecule has 0 spiro atoms. The Bertz CT molecular complexity index is 369. The maximum atomic E-state index is 7.22. The highest BCUT2D eigenvalue weighted by Gasteiger charge is 2.14. The third-order valence-electron chi connectivity index (χ3n) is 3.11. The van der Waals surface area contributed by atoms with E-state index in [1.54, 1.807) is 0 Å². The maximum Gasteiger partial charge on any atom is 0.104 e. The molecule has 1 aromatic rings. The van der Waals surface area contributed by atoms with Crippen LogP contribution >= 0.6 is 0 Å². The molecule has 2 rings (SSSR count). The van der Waals surface area contributed by atoms with Crippen molar-refractivity contribution in [2.24, 2.45) is 5.92 Å². The standard InChI is InChI=1S/C12H18N4/c13-8-12-11(14)2-1-10(16-12)7-9-3-5-15-6-4-9/h1-2,8-9,13,15H,3-7,14H2. The Balaban J connectivity index is 2.05. The number of nitrogens with zero attached hydrogens (tertiary/aromatic N) is 1. The van der Waals surface area contributed by atoms with E-state index >= 15 is 0 Å². The third kappa shape index (κ3) is 2.58. The molecule has 1 saturated heterocycles. The van der Waals surface area contributed by atoms with E-state index in [1.807, 2.05) is 12.1 Å². The van der Waals surface area contributed by atoms with Gasteiger partial charge in [-0.25, -0.2) is 4.98 Å². The molecule has 0 aromatic carbocycles. The summed E-state index contributed by atoms with van der Waals surface area (Å²) in [6.45, 7) is 2.22. The molecule has 0 aliphatic carbocycles. The molecule has 2 heterocycles. The number of hydrogen-bond acceptors (Lipinski definition) is 4. The first kappa shape index (κ1) is 11.1.